The van der Waals surface area contributed by atoms with Crippen LogP contribution in [-0.2, 0) is 21.3 Å². The molecular weight excluding hydrogens is 406 g/mol. The lowest BCUT2D eigenvalue weighted by molar-refractivity contribution is 0.00314. The van der Waals surface area contributed by atoms with Crippen LogP contribution in [0, 0.1) is 0 Å². The van der Waals surface area contributed by atoms with E-state index in [1.807, 2.05) is 14.0 Å². The Morgan fingerprint density at radius 3 is 2.63 bits per heavy atom. The normalized spacial score (nSPS) is 21.8. The standard InChI is InChI=1S/C20H35N5O4S/c1-4-25-19(7-10-21-25)20(26)22(2)12-13-24(17-8-14-29-15-9-17)18-6-5-11-23(16-18)30(3,27)28/h7,10,17-18H,4-6,8-9,11-16H2,1-3H3. The first-order valence-corrected chi connectivity index (χ1v) is 12.7. The molecule has 0 radical (unpaired) electrons. The van der Waals surface area contributed by atoms with Crippen LogP contribution in [0.3, 0.4) is 0 Å². The van der Waals surface area contributed by atoms with Gasteiger partial charge in [0, 0.05) is 71.3 Å². The molecule has 1 unspecified atom stereocenters. The number of aromatic nitrogens is 2. The van der Waals surface area contributed by atoms with Crippen LogP contribution in [0.1, 0.15) is 43.1 Å². The molecule has 0 saturated carbocycles. The molecule has 9 nitrogen and oxygen atoms in total. The second-order valence-electron chi connectivity index (χ2n) is 8.26. The van der Waals surface area contributed by atoms with Crippen molar-refractivity contribution < 1.29 is 17.9 Å². The van der Waals surface area contributed by atoms with Crippen LogP contribution < -0.4 is 0 Å². The number of sulfonamides is 1. The average molecular weight is 442 g/mol. The fraction of sp³-hybridized carbons (Fsp3) is 0.800. The van der Waals surface area contributed by atoms with Gasteiger partial charge in [-0.15, -0.1) is 0 Å². The maximum atomic E-state index is 12.9. The molecule has 0 bridgehead atoms. The number of nitrogens with zero attached hydrogens (tertiary/aromatic N) is 5. The molecule has 0 aromatic carbocycles. The molecule has 1 amide bonds. The lowest BCUT2D eigenvalue weighted by atomic mass is 9.99. The van der Waals surface area contributed by atoms with Crippen molar-refractivity contribution in [1.82, 2.24) is 23.9 Å². The Hall–Kier alpha value is -1.49. The number of ether oxygens (including phenoxy) is 1. The first-order chi connectivity index (χ1) is 14.3. The number of likely N-dealkylation sites (N-methyl/N-ethyl adjacent to an activating group) is 1. The van der Waals surface area contributed by atoms with Crippen molar-refractivity contribution in [1.29, 1.82) is 0 Å². The van der Waals surface area contributed by atoms with E-state index in [0.717, 1.165) is 45.4 Å². The number of aryl methyl sites for hydroxylation is 1. The molecule has 1 atom stereocenters. The lowest BCUT2D eigenvalue weighted by Gasteiger charge is -2.44. The summed E-state index contributed by atoms with van der Waals surface area (Å²) in [6.07, 6.45) is 6.66. The number of piperidine rings is 1. The molecule has 3 heterocycles. The summed E-state index contributed by atoms with van der Waals surface area (Å²) < 4.78 is 33.1. The Morgan fingerprint density at radius 2 is 1.97 bits per heavy atom. The highest BCUT2D eigenvalue weighted by atomic mass is 32.2. The predicted molar refractivity (Wildman–Crippen MR) is 115 cm³/mol. The minimum absolute atomic E-state index is 0.0392. The molecule has 1 aromatic heterocycles. The molecular formula is C20H35N5O4S. The van der Waals surface area contributed by atoms with Gasteiger partial charge < -0.3 is 9.64 Å². The summed E-state index contributed by atoms with van der Waals surface area (Å²) >= 11 is 0. The first kappa shape index (κ1) is 23.2. The molecule has 3 rings (SSSR count). The highest BCUT2D eigenvalue weighted by Gasteiger charge is 2.34. The minimum Gasteiger partial charge on any atom is -0.381 e. The van der Waals surface area contributed by atoms with E-state index in [1.165, 1.54) is 6.26 Å². The second kappa shape index (κ2) is 10.2. The third-order valence-corrected chi connectivity index (χ3v) is 7.50. The van der Waals surface area contributed by atoms with Crippen molar-refractivity contribution in [2.45, 2.75) is 51.2 Å². The van der Waals surface area contributed by atoms with E-state index in [-0.39, 0.29) is 11.9 Å². The lowest BCUT2D eigenvalue weighted by Crippen LogP contribution is -2.55. The van der Waals surface area contributed by atoms with Crippen molar-refractivity contribution >= 4 is 15.9 Å². The molecule has 30 heavy (non-hydrogen) atoms. The molecule has 0 N–H and O–H groups in total. The fourth-order valence-corrected chi connectivity index (χ4v) is 5.41. The van der Waals surface area contributed by atoms with E-state index in [0.29, 0.717) is 37.9 Å². The average Bonchev–Trinajstić information content (AvgIpc) is 3.22. The highest BCUT2D eigenvalue weighted by Crippen LogP contribution is 2.24. The number of hydrogen-bond acceptors (Lipinski definition) is 6. The molecule has 2 aliphatic heterocycles. The van der Waals surface area contributed by atoms with Gasteiger partial charge in [-0.2, -0.15) is 5.10 Å². The van der Waals surface area contributed by atoms with Gasteiger partial charge in [0.05, 0.1) is 6.26 Å². The Labute approximate surface area is 180 Å². The Balaban J connectivity index is 1.69. The zero-order valence-electron chi connectivity index (χ0n) is 18.4. The van der Waals surface area contributed by atoms with E-state index in [4.69, 9.17) is 4.74 Å². The highest BCUT2D eigenvalue weighted by molar-refractivity contribution is 7.88. The first-order valence-electron chi connectivity index (χ1n) is 10.9. The number of carbonyl (C=O) groups excluding carboxylic acids is 1. The van der Waals surface area contributed by atoms with Gasteiger partial charge in [0.2, 0.25) is 10.0 Å². The van der Waals surface area contributed by atoms with Gasteiger partial charge in [-0.05, 0) is 38.7 Å². The zero-order valence-corrected chi connectivity index (χ0v) is 19.2. The van der Waals surface area contributed by atoms with Gasteiger partial charge in [0.25, 0.3) is 5.91 Å². The second-order valence-corrected chi connectivity index (χ2v) is 10.2. The molecule has 0 spiro atoms. The maximum absolute atomic E-state index is 12.9. The maximum Gasteiger partial charge on any atom is 0.271 e. The van der Waals surface area contributed by atoms with Crippen LogP contribution in [0.25, 0.3) is 0 Å². The van der Waals surface area contributed by atoms with Crippen LogP contribution in [0.4, 0.5) is 0 Å². The molecule has 170 valence electrons. The number of carbonyl (C=O) groups is 1. The Kier molecular flexibility index (Phi) is 7.89. The molecule has 1 aromatic rings. The van der Waals surface area contributed by atoms with E-state index >= 15 is 0 Å². The third-order valence-electron chi connectivity index (χ3n) is 6.23. The number of hydrogen-bond donors (Lipinski definition) is 0. The minimum atomic E-state index is -3.20. The third kappa shape index (κ3) is 5.60. The summed E-state index contributed by atoms with van der Waals surface area (Å²) in [5.41, 5.74) is 0.596. The van der Waals surface area contributed by atoms with Gasteiger partial charge in [0.1, 0.15) is 5.69 Å². The van der Waals surface area contributed by atoms with Crippen molar-refractivity contribution in [2.75, 3.05) is 52.7 Å². The Bertz CT molecular complexity index is 806. The smallest absolute Gasteiger partial charge is 0.271 e. The van der Waals surface area contributed by atoms with Crippen molar-refractivity contribution in [3.63, 3.8) is 0 Å². The van der Waals surface area contributed by atoms with Gasteiger partial charge in [-0.1, -0.05) is 0 Å². The molecule has 2 saturated heterocycles. The quantitative estimate of drug-likeness (QED) is 0.595. The van der Waals surface area contributed by atoms with Gasteiger partial charge >= 0.3 is 0 Å². The summed E-state index contributed by atoms with van der Waals surface area (Å²) in [6, 6.07) is 2.28. The van der Waals surface area contributed by atoms with Crippen LogP contribution in [-0.4, -0.2) is 103 Å². The summed E-state index contributed by atoms with van der Waals surface area (Å²) in [5, 5.41) is 4.19. The van der Waals surface area contributed by atoms with Gasteiger partial charge in [0.15, 0.2) is 0 Å². The molecule has 0 aliphatic carbocycles. The van der Waals surface area contributed by atoms with Crippen LogP contribution >= 0.6 is 0 Å². The van der Waals surface area contributed by atoms with Crippen LogP contribution in [0.5, 0.6) is 0 Å². The summed E-state index contributed by atoms with van der Waals surface area (Å²) in [4.78, 5) is 17.0. The number of amides is 1. The van der Waals surface area contributed by atoms with E-state index in [1.54, 1.807) is 26.2 Å². The predicted octanol–water partition coefficient (Wildman–Crippen LogP) is 0.880. The van der Waals surface area contributed by atoms with Crippen LogP contribution in [0.2, 0.25) is 0 Å². The summed E-state index contributed by atoms with van der Waals surface area (Å²) in [7, 11) is -1.38. The zero-order chi connectivity index (χ0) is 21.7. The SMILES string of the molecule is CCn1nccc1C(=O)N(C)CCN(C1CCOCC1)C1CCCN(S(C)(=O)=O)C1. The van der Waals surface area contributed by atoms with E-state index in [9.17, 15) is 13.2 Å². The monoisotopic (exact) mass is 441 g/mol. The topological polar surface area (TPSA) is 88.0 Å². The van der Waals surface area contributed by atoms with Gasteiger partial charge in [-0.3, -0.25) is 14.4 Å². The summed E-state index contributed by atoms with van der Waals surface area (Å²) in [5.74, 6) is -0.0392. The Morgan fingerprint density at radius 1 is 1.23 bits per heavy atom. The van der Waals surface area contributed by atoms with Gasteiger partial charge in [-0.25, -0.2) is 12.7 Å². The fourth-order valence-electron chi connectivity index (χ4n) is 4.50. The molecule has 2 aliphatic rings. The van der Waals surface area contributed by atoms with Crippen molar-refractivity contribution in [3.8, 4) is 0 Å². The number of rotatable bonds is 8. The van der Waals surface area contributed by atoms with Crippen molar-refractivity contribution in [3.05, 3.63) is 18.0 Å². The molecule has 10 heteroatoms. The molecule has 2 fully saturated rings. The van der Waals surface area contributed by atoms with E-state index < -0.39 is 10.0 Å². The largest absolute Gasteiger partial charge is 0.381 e. The van der Waals surface area contributed by atoms with E-state index in [2.05, 4.69) is 10.00 Å². The van der Waals surface area contributed by atoms with Crippen molar-refractivity contribution in [2.24, 2.45) is 0 Å². The van der Waals surface area contributed by atoms with Crippen LogP contribution in [0.15, 0.2) is 12.3 Å². The summed E-state index contributed by atoms with van der Waals surface area (Å²) in [6.45, 7) is 6.50.